The number of para-hydroxylation sites is 2. The van der Waals surface area contributed by atoms with Gasteiger partial charge in [0, 0.05) is 44.7 Å². The predicted octanol–water partition coefficient (Wildman–Crippen LogP) is 17.6. The normalized spacial score (nSPS) is 12.7. The second-order valence-electron chi connectivity index (χ2n) is 17.7. The molecule has 10 aromatic rings. The molecule has 1 aliphatic carbocycles. The van der Waals surface area contributed by atoms with Gasteiger partial charge in [-0.25, -0.2) is 0 Å². The highest BCUT2D eigenvalue weighted by atomic mass is 16.5. The minimum absolute atomic E-state index is 0.125. The fraction of sp³-hybridized carbons (Fsp3) is 0.0476. The zero-order valence-electron chi connectivity index (χ0n) is 36.4. The lowest BCUT2D eigenvalue weighted by molar-refractivity contribution is 0.491. The quantitative estimate of drug-likeness (QED) is 0.159. The zero-order valence-corrected chi connectivity index (χ0v) is 36.4. The molecule has 65 heavy (non-hydrogen) atoms. The topological polar surface area (TPSA) is 12.5 Å². The molecule has 10 aromatic carbocycles. The van der Waals surface area contributed by atoms with Crippen LogP contribution in [0.15, 0.2) is 237 Å². The molecule has 1 aliphatic heterocycles. The number of ether oxygens (including phenoxy) is 1. The van der Waals surface area contributed by atoms with E-state index in [1.807, 2.05) is 0 Å². The van der Waals surface area contributed by atoms with Gasteiger partial charge in [0.15, 0.2) is 0 Å². The van der Waals surface area contributed by atoms with Crippen molar-refractivity contribution in [3.05, 3.63) is 248 Å². The fourth-order valence-corrected chi connectivity index (χ4v) is 10.2. The summed E-state index contributed by atoms with van der Waals surface area (Å²) in [5.41, 5.74) is 22.0. The lowest BCUT2D eigenvalue weighted by Gasteiger charge is -2.28. The number of nitrogens with zero attached hydrogens (tertiary/aromatic N) is 1. The molecule has 0 bridgehead atoms. The number of rotatable bonds is 7. The number of benzene rings is 10. The summed E-state index contributed by atoms with van der Waals surface area (Å²) >= 11 is 0. The monoisotopic (exact) mass is 831 g/mol. The van der Waals surface area contributed by atoms with Crippen molar-refractivity contribution in [2.24, 2.45) is 0 Å². The van der Waals surface area contributed by atoms with Crippen molar-refractivity contribution in [1.29, 1.82) is 0 Å². The predicted molar refractivity (Wildman–Crippen MR) is 271 cm³/mol. The Hall–Kier alpha value is -8.20. The van der Waals surface area contributed by atoms with Crippen LogP contribution in [0.5, 0.6) is 11.5 Å². The van der Waals surface area contributed by atoms with Gasteiger partial charge in [0.2, 0.25) is 0 Å². The number of fused-ring (bicyclic) bond motifs is 8. The first-order valence-electron chi connectivity index (χ1n) is 22.5. The van der Waals surface area contributed by atoms with Crippen molar-refractivity contribution < 1.29 is 4.74 Å². The summed E-state index contributed by atoms with van der Waals surface area (Å²) in [5.74, 6) is 1.71. The Bertz CT molecular complexity index is 3390. The molecule has 0 unspecified atom stereocenters. The van der Waals surface area contributed by atoms with Gasteiger partial charge in [-0.1, -0.05) is 208 Å². The molecule has 12 rings (SSSR count). The average molecular weight is 832 g/mol. The SMILES string of the molecule is CC1(C)c2ccccc2-c2ccc(N(c3ccc(-c4ccccc4)cc3)c3ccc(-c4cccc5c4Oc4c(-c6ccccc6)cccc4-c4cc(-c6ccccc6)ccc4-5)cc3)cc21. The van der Waals surface area contributed by atoms with Gasteiger partial charge < -0.3 is 9.64 Å². The largest absolute Gasteiger partial charge is 0.455 e. The molecule has 0 saturated heterocycles. The van der Waals surface area contributed by atoms with Gasteiger partial charge in [0.25, 0.3) is 0 Å². The maximum absolute atomic E-state index is 7.34. The van der Waals surface area contributed by atoms with E-state index in [0.717, 1.165) is 73.1 Å². The van der Waals surface area contributed by atoms with Gasteiger partial charge in [-0.05, 0) is 109 Å². The molecule has 0 fully saturated rings. The van der Waals surface area contributed by atoms with Gasteiger partial charge in [0.1, 0.15) is 11.5 Å². The summed E-state index contributed by atoms with van der Waals surface area (Å²) in [5, 5.41) is 0. The minimum Gasteiger partial charge on any atom is -0.455 e. The molecule has 0 amide bonds. The van der Waals surface area contributed by atoms with E-state index in [0.29, 0.717) is 0 Å². The summed E-state index contributed by atoms with van der Waals surface area (Å²) in [6.07, 6.45) is 0. The Morgan fingerprint density at radius 1 is 0.277 bits per heavy atom. The highest BCUT2D eigenvalue weighted by Gasteiger charge is 2.36. The number of hydrogen-bond donors (Lipinski definition) is 0. The summed E-state index contributed by atoms with van der Waals surface area (Å²) in [6.45, 7) is 4.70. The molecular formula is C63H45NO. The molecule has 1 heterocycles. The molecule has 2 nitrogen and oxygen atoms in total. The first-order chi connectivity index (χ1) is 32.0. The Morgan fingerprint density at radius 2 is 0.692 bits per heavy atom. The van der Waals surface area contributed by atoms with Crippen LogP contribution in [0.2, 0.25) is 0 Å². The molecule has 0 atom stereocenters. The first kappa shape index (κ1) is 38.5. The molecule has 308 valence electrons. The van der Waals surface area contributed by atoms with Crippen molar-refractivity contribution >= 4 is 17.1 Å². The van der Waals surface area contributed by atoms with Crippen LogP contribution < -0.4 is 9.64 Å². The molecular weight excluding hydrogens is 787 g/mol. The van der Waals surface area contributed by atoms with Crippen LogP contribution in [-0.2, 0) is 5.41 Å². The van der Waals surface area contributed by atoms with Gasteiger partial charge in [-0.3, -0.25) is 0 Å². The van der Waals surface area contributed by atoms with Crippen LogP contribution in [0.3, 0.4) is 0 Å². The summed E-state index contributed by atoms with van der Waals surface area (Å²) < 4.78 is 7.34. The minimum atomic E-state index is -0.125. The van der Waals surface area contributed by atoms with E-state index in [9.17, 15) is 0 Å². The van der Waals surface area contributed by atoms with Crippen LogP contribution >= 0.6 is 0 Å². The van der Waals surface area contributed by atoms with E-state index >= 15 is 0 Å². The Balaban J connectivity index is 0.990. The second-order valence-corrected chi connectivity index (χ2v) is 17.7. The third kappa shape index (κ3) is 6.57. The van der Waals surface area contributed by atoms with E-state index < -0.39 is 0 Å². The molecule has 0 N–H and O–H groups in total. The van der Waals surface area contributed by atoms with Crippen LogP contribution in [0, 0.1) is 0 Å². The molecule has 0 saturated carbocycles. The lowest BCUT2D eigenvalue weighted by atomic mass is 9.82. The zero-order chi connectivity index (χ0) is 43.5. The van der Waals surface area contributed by atoms with Gasteiger partial charge in [-0.15, -0.1) is 0 Å². The Kier molecular flexibility index (Phi) is 9.21. The maximum atomic E-state index is 7.34. The third-order valence-corrected chi connectivity index (χ3v) is 13.5. The fourth-order valence-electron chi connectivity index (χ4n) is 10.2. The number of anilines is 3. The Morgan fingerprint density at radius 3 is 1.32 bits per heavy atom. The van der Waals surface area contributed by atoms with E-state index in [1.165, 1.54) is 44.5 Å². The summed E-state index contributed by atoms with van der Waals surface area (Å²) in [4.78, 5) is 2.39. The standard InChI is InChI=1S/C63H45NO/c1-63(2)59-27-13-12-22-54(59)55-39-37-50(41-60(55)63)64(48-33-28-44(29-34-48)42-16-6-3-7-17-42)49-35-30-46(31-36-49)52-24-14-25-56-53-38-32-47(43-18-8-4-9-19-43)40-58(53)57-26-15-23-51(62(57)65-61(52)56)45-20-10-5-11-21-45/h3-41H,1-2H3. The van der Waals surface area contributed by atoms with Crippen molar-refractivity contribution in [3.8, 4) is 89.4 Å². The van der Waals surface area contributed by atoms with Crippen LogP contribution in [-0.4, -0.2) is 0 Å². The first-order valence-corrected chi connectivity index (χ1v) is 22.5. The summed E-state index contributed by atoms with van der Waals surface area (Å²) in [7, 11) is 0. The molecule has 2 aliphatic rings. The molecule has 0 aromatic heterocycles. The number of hydrogen-bond acceptors (Lipinski definition) is 2. The van der Waals surface area contributed by atoms with Crippen LogP contribution in [0.1, 0.15) is 25.0 Å². The van der Waals surface area contributed by atoms with Crippen molar-refractivity contribution in [2.45, 2.75) is 19.3 Å². The van der Waals surface area contributed by atoms with Crippen molar-refractivity contribution in [3.63, 3.8) is 0 Å². The van der Waals surface area contributed by atoms with E-state index in [2.05, 4.69) is 255 Å². The van der Waals surface area contributed by atoms with Gasteiger partial charge >= 0.3 is 0 Å². The van der Waals surface area contributed by atoms with Gasteiger partial charge in [-0.2, -0.15) is 0 Å². The average Bonchev–Trinajstić information content (AvgIpc) is 3.49. The maximum Gasteiger partial charge on any atom is 0.143 e. The third-order valence-electron chi connectivity index (χ3n) is 13.5. The summed E-state index contributed by atoms with van der Waals surface area (Å²) in [6, 6.07) is 85.6. The molecule has 0 spiro atoms. The van der Waals surface area contributed by atoms with E-state index in [1.54, 1.807) is 0 Å². The van der Waals surface area contributed by atoms with Crippen LogP contribution in [0.25, 0.3) is 77.9 Å². The lowest BCUT2D eigenvalue weighted by Crippen LogP contribution is -2.16. The highest BCUT2D eigenvalue weighted by molar-refractivity contribution is 5.98. The Labute approximate surface area is 381 Å². The second kappa shape index (κ2) is 15.6. The van der Waals surface area contributed by atoms with E-state index in [-0.39, 0.29) is 5.41 Å². The van der Waals surface area contributed by atoms with Gasteiger partial charge in [0.05, 0.1) is 0 Å². The molecule has 2 heteroatoms. The van der Waals surface area contributed by atoms with Crippen molar-refractivity contribution in [1.82, 2.24) is 0 Å². The molecule has 0 radical (unpaired) electrons. The smallest absolute Gasteiger partial charge is 0.143 e. The van der Waals surface area contributed by atoms with Crippen LogP contribution in [0.4, 0.5) is 17.1 Å². The van der Waals surface area contributed by atoms with E-state index in [4.69, 9.17) is 4.74 Å². The van der Waals surface area contributed by atoms with Crippen molar-refractivity contribution in [2.75, 3.05) is 4.90 Å². The highest BCUT2D eigenvalue weighted by Crippen LogP contribution is 2.54.